The van der Waals surface area contributed by atoms with E-state index in [2.05, 4.69) is 36.2 Å². The lowest BCUT2D eigenvalue weighted by molar-refractivity contribution is 0.0800. The van der Waals surface area contributed by atoms with Crippen molar-refractivity contribution in [2.24, 2.45) is 0 Å². The highest BCUT2D eigenvalue weighted by molar-refractivity contribution is 9.10. The van der Waals surface area contributed by atoms with Gasteiger partial charge in [-0.1, -0.05) is 39.7 Å². The average Bonchev–Trinajstić information content (AvgIpc) is 3.48. The lowest BCUT2D eigenvalue weighted by Crippen LogP contribution is -2.28. The molecular formula is C23H20BrClN6O2. The number of ether oxygens (including phenoxy) is 1. The Labute approximate surface area is 203 Å². The molecular weight excluding hydrogens is 508 g/mol. The number of carbonyl (C=O) groups is 1. The van der Waals surface area contributed by atoms with Gasteiger partial charge in [0.15, 0.2) is 0 Å². The molecule has 2 N–H and O–H groups in total. The van der Waals surface area contributed by atoms with E-state index in [1.165, 1.54) is 6.33 Å². The minimum atomic E-state index is -0.296. The Hall–Kier alpha value is -3.01. The van der Waals surface area contributed by atoms with E-state index in [9.17, 15) is 4.79 Å². The molecule has 2 aromatic carbocycles. The number of imidazole rings is 1. The van der Waals surface area contributed by atoms with E-state index in [0.29, 0.717) is 47.0 Å². The Kier molecular flexibility index (Phi) is 6.01. The summed E-state index contributed by atoms with van der Waals surface area (Å²) < 4.78 is 6.40. The van der Waals surface area contributed by atoms with E-state index in [4.69, 9.17) is 21.3 Å². The van der Waals surface area contributed by atoms with Gasteiger partial charge in [0.2, 0.25) is 0 Å². The first-order chi connectivity index (χ1) is 16.0. The first-order valence-electron chi connectivity index (χ1n) is 10.3. The van der Waals surface area contributed by atoms with Crippen LogP contribution in [-0.2, 0) is 4.74 Å². The molecule has 1 aliphatic heterocycles. The molecule has 0 bridgehead atoms. The van der Waals surface area contributed by atoms with Gasteiger partial charge in [-0.25, -0.2) is 15.0 Å². The average molecular weight is 528 g/mol. The van der Waals surface area contributed by atoms with Crippen LogP contribution in [0.15, 0.2) is 53.3 Å². The van der Waals surface area contributed by atoms with Crippen molar-refractivity contribution in [3.05, 3.63) is 69.7 Å². The molecule has 1 atom stereocenters. The van der Waals surface area contributed by atoms with Crippen LogP contribution in [0.2, 0.25) is 5.02 Å². The minimum Gasteiger partial charge on any atom is -0.382 e. The quantitative estimate of drug-likeness (QED) is 0.352. The Morgan fingerprint density at radius 1 is 1.24 bits per heavy atom. The highest BCUT2D eigenvalue weighted by atomic mass is 79.9. The number of hydrogen-bond acceptors (Lipinski definition) is 6. The summed E-state index contributed by atoms with van der Waals surface area (Å²) in [6.45, 7) is 1.52. The molecule has 5 rings (SSSR count). The van der Waals surface area contributed by atoms with Gasteiger partial charge in [0.25, 0.3) is 5.91 Å². The molecule has 0 saturated carbocycles. The lowest BCUT2D eigenvalue weighted by Gasteiger charge is -2.19. The van der Waals surface area contributed by atoms with Crippen LogP contribution < -0.4 is 5.32 Å². The van der Waals surface area contributed by atoms with Gasteiger partial charge in [0, 0.05) is 30.1 Å². The Morgan fingerprint density at radius 3 is 2.85 bits per heavy atom. The van der Waals surface area contributed by atoms with Crippen molar-refractivity contribution in [3.8, 4) is 0 Å². The van der Waals surface area contributed by atoms with Crippen molar-refractivity contribution in [1.82, 2.24) is 24.8 Å². The van der Waals surface area contributed by atoms with Crippen molar-refractivity contribution < 1.29 is 9.53 Å². The summed E-state index contributed by atoms with van der Waals surface area (Å²) in [5, 5.41) is 4.46. The zero-order valence-electron chi connectivity index (χ0n) is 17.7. The predicted octanol–water partition coefficient (Wildman–Crippen LogP) is 4.73. The maximum absolute atomic E-state index is 12.9. The number of hydrogen-bond donors (Lipinski definition) is 2. The molecule has 2 aromatic heterocycles. The molecule has 8 nitrogen and oxygen atoms in total. The van der Waals surface area contributed by atoms with Gasteiger partial charge in [0.1, 0.15) is 24.0 Å². The fourth-order valence-electron chi connectivity index (χ4n) is 3.86. The monoisotopic (exact) mass is 526 g/mol. The van der Waals surface area contributed by atoms with Crippen molar-refractivity contribution in [1.29, 1.82) is 0 Å². The van der Waals surface area contributed by atoms with Crippen molar-refractivity contribution in [2.45, 2.75) is 6.04 Å². The number of amides is 1. The van der Waals surface area contributed by atoms with E-state index in [-0.39, 0.29) is 11.9 Å². The van der Waals surface area contributed by atoms with Crippen LogP contribution in [0.4, 0.5) is 5.82 Å². The second-order valence-corrected chi connectivity index (χ2v) is 9.01. The maximum Gasteiger partial charge on any atom is 0.256 e. The molecule has 0 fully saturated rings. The van der Waals surface area contributed by atoms with Crippen LogP contribution in [-0.4, -0.2) is 57.5 Å². The summed E-state index contributed by atoms with van der Waals surface area (Å²) in [7, 11) is 1.63. The van der Waals surface area contributed by atoms with Crippen LogP contribution in [0.1, 0.15) is 22.2 Å². The zero-order chi connectivity index (χ0) is 22.9. The number of H-pyrrole nitrogens is 1. The molecule has 0 radical (unpaired) electrons. The van der Waals surface area contributed by atoms with Gasteiger partial charge < -0.3 is 19.9 Å². The van der Waals surface area contributed by atoms with E-state index in [1.807, 2.05) is 30.4 Å². The Bertz CT molecular complexity index is 1380. The lowest BCUT2D eigenvalue weighted by atomic mass is 10.1. The molecule has 0 aliphatic carbocycles. The third-order valence-corrected chi connectivity index (χ3v) is 6.30. The topological polar surface area (TPSA) is 96.0 Å². The SMILES string of the molecule is COC[C@H](Nc1ncnc2cc(C(=O)N3CC=CC3)c(Cl)cc12)c1nc2ccc(Br)cc2[nH]1. The third-order valence-electron chi connectivity index (χ3n) is 5.50. The first kappa shape index (κ1) is 21.8. The summed E-state index contributed by atoms with van der Waals surface area (Å²) in [5.74, 6) is 1.18. The molecule has 3 heterocycles. The summed E-state index contributed by atoms with van der Waals surface area (Å²) in [4.78, 5) is 31.4. The molecule has 0 spiro atoms. The van der Waals surface area contributed by atoms with Gasteiger partial charge in [-0.3, -0.25) is 4.79 Å². The first-order valence-corrected chi connectivity index (χ1v) is 11.5. The predicted molar refractivity (Wildman–Crippen MR) is 132 cm³/mol. The number of methoxy groups -OCH3 is 1. The summed E-state index contributed by atoms with van der Waals surface area (Å²) in [5.41, 5.74) is 2.81. The molecule has 1 aliphatic rings. The van der Waals surface area contributed by atoms with Crippen LogP contribution >= 0.6 is 27.5 Å². The number of benzene rings is 2. The molecule has 10 heteroatoms. The largest absolute Gasteiger partial charge is 0.382 e. The van der Waals surface area contributed by atoms with E-state index < -0.39 is 0 Å². The maximum atomic E-state index is 12.9. The normalized spacial score (nSPS) is 14.3. The standard InChI is InChI=1S/C23H20BrClN6O2/c1-33-11-20(22-28-17-5-4-13(24)8-19(17)29-22)30-21-15-9-16(25)14(10-18(15)26-12-27-21)23(32)31-6-2-3-7-31/h2-5,8-10,12,20H,6-7,11H2,1H3,(H,28,29)(H,26,27,30)/t20-/m0/s1. The van der Waals surface area contributed by atoms with Crippen LogP contribution in [0.3, 0.4) is 0 Å². The number of carbonyl (C=O) groups excluding carboxylic acids is 1. The molecule has 168 valence electrons. The summed E-state index contributed by atoms with van der Waals surface area (Å²) in [6, 6.07) is 9.02. The van der Waals surface area contributed by atoms with E-state index in [1.54, 1.807) is 24.1 Å². The van der Waals surface area contributed by atoms with Gasteiger partial charge in [-0.15, -0.1) is 0 Å². The minimum absolute atomic E-state index is 0.120. The second kappa shape index (κ2) is 9.09. The third kappa shape index (κ3) is 4.31. The molecule has 0 unspecified atom stereocenters. The van der Waals surface area contributed by atoms with E-state index >= 15 is 0 Å². The number of halogens is 2. The second-order valence-electron chi connectivity index (χ2n) is 7.69. The number of rotatable bonds is 6. The molecule has 4 aromatic rings. The van der Waals surface area contributed by atoms with E-state index in [0.717, 1.165) is 21.3 Å². The van der Waals surface area contributed by atoms with Crippen LogP contribution in [0, 0.1) is 0 Å². The van der Waals surface area contributed by atoms with Crippen LogP contribution in [0.25, 0.3) is 21.9 Å². The number of aromatic nitrogens is 4. The van der Waals surface area contributed by atoms with Gasteiger partial charge in [-0.2, -0.15) is 0 Å². The van der Waals surface area contributed by atoms with Crippen molar-refractivity contribution in [3.63, 3.8) is 0 Å². The number of fused-ring (bicyclic) bond motifs is 2. The van der Waals surface area contributed by atoms with Gasteiger partial charge in [0.05, 0.1) is 33.7 Å². The summed E-state index contributed by atoms with van der Waals surface area (Å²) in [6.07, 6.45) is 5.39. The molecule has 0 saturated heterocycles. The molecule has 1 amide bonds. The summed E-state index contributed by atoms with van der Waals surface area (Å²) >= 11 is 10.0. The number of nitrogens with one attached hydrogen (secondary N) is 2. The fraction of sp³-hybridized carbons (Fsp3) is 0.217. The van der Waals surface area contributed by atoms with Crippen LogP contribution in [0.5, 0.6) is 0 Å². The zero-order valence-corrected chi connectivity index (χ0v) is 20.0. The van der Waals surface area contributed by atoms with Crippen molar-refractivity contribution >= 4 is 61.2 Å². The molecule has 33 heavy (non-hydrogen) atoms. The number of anilines is 1. The highest BCUT2D eigenvalue weighted by Gasteiger charge is 2.22. The smallest absolute Gasteiger partial charge is 0.256 e. The van der Waals surface area contributed by atoms with Crippen molar-refractivity contribution in [2.75, 3.05) is 32.1 Å². The Morgan fingerprint density at radius 2 is 2.06 bits per heavy atom. The highest BCUT2D eigenvalue weighted by Crippen LogP contribution is 2.30. The number of nitrogens with zero attached hydrogens (tertiary/aromatic N) is 4. The van der Waals surface area contributed by atoms with Gasteiger partial charge in [-0.05, 0) is 30.3 Å². The van der Waals surface area contributed by atoms with Gasteiger partial charge >= 0.3 is 0 Å². The fourth-order valence-corrected chi connectivity index (χ4v) is 4.46. The Balaban J connectivity index is 1.49. The number of aromatic amines is 1.